The number of halogens is 1. The van der Waals surface area contributed by atoms with E-state index in [1.165, 1.54) is 36.8 Å². The van der Waals surface area contributed by atoms with E-state index < -0.39 is 7.58 Å². The van der Waals surface area contributed by atoms with Gasteiger partial charge in [0.05, 0.1) is 0 Å². The highest BCUT2D eigenvalue weighted by Crippen LogP contribution is 2.61. The molecule has 2 aromatic rings. The molecule has 0 aromatic heterocycles. The first-order valence-corrected chi connectivity index (χ1v) is 11.0. The zero-order valence-electron chi connectivity index (χ0n) is 13.9. The molecule has 4 heteroatoms. The standard InChI is InChI=1S/C20H24ClN2P/c21-24-22(15-17-9-3-1-4-10-17)19-13-7-8-14-20(19)23(24)16-18-11-5-2-6-12-18/h1-6,9-12,19-20H,7-8,13-16H2/t19-,20-/m1/s1. The molecule has 0 amide bonds. The van der Waals surface area contributed by atoms with Gasteiger partial charge >= 0.3 is 0 Å². The van der Waals surface area contributed by atoms with Crippen LogP contribution in [0, 0.1) is 0 Å². The first-order chi connectivity index (χ1) is 11.8. The Morgan fingerprint density at radius 1 is 0.750 bits per heavy atom. The van der Waals surface area contributed by atoms with Gasteiger partial charge in [-0.15, -0.1) is 0 Å². The zero-order valence-corrected chi connectivity index (χ0v) is 15.5. The van der Waals surface area contributed by atoms with Crippen LogP contribution in [-0.4, -0.2) is 21.4 Å². The van der Waals surface area contributed by atoms with Gasteiger partial charge in [-0.2, -0.15) is 0 Å². The average Bonchev–Trinajstić information content (AvgIpc) is 2.90. The molecule has 0 radical (unpaired) electrons. The minimum absolute atomic E-state index is 0.617. The predicted molar refractivity (Wildman–Crippen MR) is 103 cm³/mol. The molecule has 1 saturated carbocycles. The molecule has 0 spiro atoms. The summed E-state index contributed by atoms with van der Waals surface area (Å²) in [5, 5.41) is 0. The molecule has 0 bridgehead atoms. The van der Waals surface area contributed by atoms with Crippen molar-refractivity contribution in [2.75, 3.05) is 0 Å². The van der Waals surface area contributed by atoms with Crippen molar-refractivity contribution >= 4 is 18.8 Å². The van der Waals surface area contributed by atoms with E-state index in [2.05, 4.69) is 70.0 Å². The van der Waals surface area contributed by atoms with Crippen molar-refractivity contribution in [2.45, 2.75) is 50.9 Å². The van der Waals surface area contributed by atoms with Crippen LogP contribution in [0.25, 0.3) is 0 Å². The minimum Gasteiger partial charge on any atom is -0.248 e. The molecule has 1 aliphatic heterocycles. The van der Waals surface area contributed by atoms with Gasteiger partial charge < -0.3 is 0 Å². The Morgan fingerprint density at radius 2 is 1.17 bits per heavy atom. The molecule has 0 N–H and O–H groups in total. The van der Waals surface area contributed by atoms with Crippen LogP contribution in [0.4, 0.5) is 0 Å². The van der Waals surface area contributed by atoms with Crippen molar-refractivity contribution in [3.8, 4) is 0 Å². The fourth-order valence-electron chi connectivity index (χ4n) is 4.07. The minimum atomic E-state index is -0.751. The number of fused-ring (bicyclic) bond motifs is 1. The number of nitrogens with zero attached hydrogens (tertiary/aromatic N) is 2. The van der Waals surface area contributed by atoms with Crippen LogP contribution in [0.15, 0.2) is 60.7 Å². The lowest BCUT2D eigenvalue weighted by Crippen LogP contribution is -2.39. The third-order valence-corrected chi connectivity index (χ3v) is 8.15. The van der Waals surface area contributed by atoms with Crippen LogP contribution in [0.2, 0.25) is 0 Å². The number of hydrogen-bond donors (Lipinski definition) is 0. The highest BCUT2D eigenvalue weighted by atomic mass is 35.7. The van der Waals surface area contributed by atoms with E-state index in [0.29, 0.717) is 12.1 Å². The van der Waals surface area contributed by atoms with E-state index in [9.17, 15) is 0 Å². The molecule has 2 fully saturated rings. The number of rotatable bonds is 4. The molecule has 4 rings (SSSR count). The smallest absolute Gasteiger partial charge is 0.141 e. The van der Waals surface area contributed by atoms with E-state index in [1.807, 2.05) is 0 Å². The summed E-state index contributed by atoms with van der Waals surface area (Å²) in [6.07, 6.45) is 5.25. The Kier molecular flexibility index (Phi) is 5.20. The van der Waals surface area contributed by atoms with Crippen LogP contribution in [-0.2, 0) is 13.1 Å². The van der Waals surface area contributed by atoms with Gasteiger partial charge in [-0.25, -0.2) is 9.34 Å². The molecule has 1 aliphatic carbocycles. The summed E-state index contributed by atoms with van der Waals surface area (Å²) in [5.74, 6) is 0. The predicted octanol–water partition coefficient (Wildman–Crippen LogP) is 5.78. The molecule has 2 atom stereocenters. The van der Waals surface area contributed by atoms with Gasteiger partial charge in [-0.1, -0.05) is 84.7 Å². The van der Waals surface area contributed by atoms with Gasteiger partial charge in [-0.05, 0) is 24.0 Å². The summed E-state index contributed by atoms with van der Waals surface area (Å²) in [4.78, 5) is 0. The quantitative estimate of drug-likeness (QED) is 0.639. The van der Waals surface area contributed by atoms with Crippen molar-refractivity contribution < 1.29 is 0 Å². The Hall–Kier alpha value is -0.920. The molecule has 0 unspecified atom stereocenters. The van der Waals surface area contributed by atoms with Crippen LogP contribution in [0.1, 0.15) is 36.8 Å². The lowest BCUT2D eigenvalue weighted by atomic mass is 9.90. The van der Waals surface area contributed by atoms with Crippen molar-refractivity contribution in [1.29, 1.82) is 0 Å². The summed E-state index contributed by atoms with van der Waals surface area (Å²) >= 11 is 7.04. The maximum atomic E-state index is 7.04. The molecule has 1 heterocycles. The second kappa shape index (κ2) is 7.54. The maximum absolute atomic E-state index is 7.04. The first-order valence-electron chi connectivity index (χ1n) is 8.90. The average molecular weight is 359 g/mol. The summed E-state index contributed by atoms with van der Waals surface area (Å²) < 4.78 is 5.16. The fourth-order valence-corrected chi connectivity index (χ4v) is 6.95. The Balaban J connectivity index is 1.56. The fraction of sp³-hybridized carbons (Fsp3) is 0.400. The summed E-state index contributed by atoms with van der Waals surface area (Å²) in [5.41, 5.74) is 2.74. The van der Waals surface area contributed by atoms with Crippen molar-refractivity contribution in [1.82, 2.24) is 9.34 Å². The van der Waals surface area contributed by atoms with Crippen LogP contribution in [0.3, 0.4) is 0 Å². The topological polar surface area (TPSA) is 6.48 Å². The Bertz CT molecular complexity index is 594. The SMILES string of the molecule is ClP1N(Cc2ccccc2)[C@@H]2CCCC[C@H]2N1Cc1ccccc1. The molecule has 2 aromatic carbocycles. The summed E-state index contributed by atoms with van der Waals surface area (Å²) in [7, 11) is -0.751. The van der Waals surface area contributed by atoms with Gasteiger partial charge in [0.1, 0.15) is 7.58 Å². The Labute approximate surface area is 151 Å². The van der Waals surface area contributed by atoms with E-state index in [1.54, 1.807) is 0 Å². The van der Waals surface area contributed by atoms with E-state index in [-0.39, 0.29) is 0 Å². The largest absolute Gasteiger partial charge is 0.248 e. The van der Waals surface area contributed by atoms with E-state index in [4.69, 9.17) is 11.2 Å². The molecule has 2 nitrogen and oxygen atoms in total. The molecule has 24 heavy (non-hydrogen) atoms. The Morgan fingerprint density at radius 3 is 1.58 bits per heavy atom. The van der Waals surface area contributed by atoms with Gasteiger partial charge in [0.2, 0.25) is 0 Å². The maximum Gasteiger partial charge on any atom is 0.141 e. The van der Waals surface area contributed by atoms with Crippen molar-refractivity contribution in [3.05, 3.63) is 71.8 Å². The number of benzene rings is 2. The molecule has 126 valence electrons. The highest BCUT2D eigenvalue weighted by Gasteiger charge is 2.47. The van der Waals surface area contributed by atoms with Gasteiger partial charge in [-0.3, -0.25) is 0 Å². The molecule has 2 aliphatic rings. The summed E-state index contributed by atoms with van der Waals surface area (Å²) in [6, 6.07) is 22.8. The van der Waals surface area contributed by atoms with E-state index in [0.717, 1.165) is 13.1 Å². The van der Waals surface area contributed by atoms with Crippen LogP contribution in [0.5, 0.6) is 0 Å². The zero-order chi connectivity index (χ0) is 16.4. The normalized spacial score (nSPS) is 25.7. The highest BCUT2D eigenvalue weighted by molar-refractivity contribution is 7.80. The van der Waals surface area contributed by atoms with Crippen molar-refractivity contribution in [3.63, 3.8) is 0 Å². The van der Waals surface area contributed by atoms with Crippen LogP contribution < -0.4 is 0 Å². The van der Waals surface area contributed by atoms with Crippen LogP contribution >= 0.6 is 18.8 Å². The molecule has 1 saturated heterocycles. The van der Waals surface area contributed by atoms with E-state index >= 15 is 0 Å². The summed E-state index contributed by atoms with van der Waals surface area (Å²) in [6.45, 7) is 1.95. The third-order valence-electron chi connectivity index (χ3n) is 5.26. The monoisotopic (exact) mass is 358 g/mol. The second-order valence-electron chi connectivity index (χ2n) is 6.83. The lowest BCUT2D eigenvalue weighted by Gasteiger charge is -2.31. The van der Waals surface area contributed by atoms with Gasteiger partial charge in [0.15, 0.2) is 0 Å². The molecular weight excluding hydrogens is 335 g/mol. The lowest BCUT2D eigenvalue weighted by molar-refractivity contribution is 0.197. The first kappa shape index (κ1) is 16.5. The third kappa shape index (κ3) is 3.39. The van der Waals surface area contributed by atoms with Gasteiger partial charge in [0, 0.05) is 25.2 Å². The molecular formula is C20H24ClN2P. The number of hydrogen-bond acceptors (Lipinski definition) is 2. The second-order valence-corrected chi connectivity index (χ2v) is 9.24. The van der Waals surface area contributed by atoms with Gasteiger partial charge in [0.25, 0.3) is 0 Å². The van der Waals surface area contributed by atoms with Crippen molar-refractivity contribution in [2.24, 2.45) is 0 Å².